The van der Waals surface area contributed by atoms with Gasteiger partial charge in [0.25, 0.3) is 0 Å². The zero-order valence-electron chi connectivity index (χ0n) is 10.8. The van der Waals surface area contributed by atoms with Gasteiger partial charge in [0.1, 0.15) is 0 Å². The van der Waals surface area contributed by atoms with E-state index in [-0.39, 0.29) is 11.8 Å². The van der Waals surface area contributed by atoms with Gasteiger partial charge in [-0.15, -0.1) is 11.3 Å². The number of carbonyl (C=O) groups excluding carboxylic acids is 1. The van der Waals surface area contributed by atoms with E-state index < -0.39 is 6.04 Å². The second kappa shape index (κ2) is 6.77. The maximum absolute atomic E-state index is 11.8. The molecule has 0 saturated heterocycles. The number of rotatable bonds is 6. The number of hydrogen-bond acceptors (Lipinski definition) is 3. The molecule has 1 aromatic heterocycles. The molecule has 4 heteroatoms. The summed E-state index contributed by atoms with van der Waals surface area (Å²) in [6, 6.07) is 1.71. The second-order valence-corrected chi connectivity index (χ2v) is 5.35. The van der Waals surface area contributed by atoms with Gasteiger partial charge in [-0.3, -0.25) is 4.79 Å². The third-order valence-corrected chi connectivity index (χ3v) is 4.16. The standard InChI is InChI=1S/C13H22N2OS/c1-4-9(3)12(14)13(16)15-8-11-10(5-2)6-7-17-11/h6-7,9,12H,4-5,8,14H2,1-3H3,(H,15,16). The maximum Gasteiger partial charge on any atom is 0.237 e. The van der Waals surface area contributed by atoms with Crippen LogP contribution in [-0.4, -0.2) is 11.9 Å². The van der Waals surface area contributed by atoms with Crippen LogP contribution in [0.4, 0.5) is 0 Å². The minimum atomic E-state index is -0.398. The molecule has 96 valence electrons. The van der Waals surface area contributed by atoms with Gasteiger partial charge in [0, 0.05) is 4.88 Å². The summed E-state index contributed by atoms with van der Waals surface area (Å²) in [7, 11) is 0. The van der Waals surface area contributed by atoms with Crippen molar-refractivity contribution < 1.29 is 4.79 Å². The Bertz CT molecular complexity index is 362. The molecule has 0 spiro atoms. The summed E-state index contributed by atoms with van der Waals surface area (Å²) in [4.78, 5) is 13.0. The number of carbonyl (C=O) groups is 1. The van der Waals surface area contributed by atoms with Crippen molar-refractivity contribution in [3.05, 3.63) is 21.9 Å². The number of amides is 1. The van der Waals surface area contributed by atoms with Gasteiger partial charge in [0.2, 0.25) is 5.91 Å². The molecular weight excluding hydrogens is 232 g/mol. The molecule has 1 amide bonds. The first kappa shape index (κ1) is 14.2. The molecule has 0 aliphatic rings. The van der Waals surface area contributed by atoms with Crippen molar-refractivity contribution in [2.75, 3.05) is 0 Å². The van der Waals surface area contributed by atoms with Crippen LogP contribution in [0.25, 0.3) is 0 Å². The Balaban J connectivity index is 2.48. The number of hydrogen-bond donors (Lipinski definition) is 2. The number of nitrogens with two attached hydrogens (primary N) is 1. The highest BCUT2D eigenvalue weighted by molar-refractivity contribution is 7.10. The molecule has 0 fully saturated rings. The van der Waals surface area contributed by atoms with E-state index in [4.69, 9.17) is 5.73 Å². The Kier molecular flexibility index (Phi) is 5.65. The highest BCUT2D eigenvalue weighted by Crippen LogP contribution is 2.17. The number of aryl methyl sites for hydroxylation is 1. The average Bonchev–Trinajstić information content (AvgIpc) is 2.81. The summed E-state index contributed by atoms with van der Waals surface area (Å²) >= 11 is 1.69. The molecule has 2 atom stereocenters. The van der Waals surface area contributed by atoms with Gasteiger partial charge in [-0.25, -0.2) is 0 Å². The van der Waals surface area contributed by atoms with Crippen LogP contribution in [0.3, 0.4) is 0 Å². The zero-order valence-corrected chi connectivity index (χ0v) is 11.6. The summed E-state index contributed by atoms with van der Waals surface area (Å²) in [5.41, 5.74) is 7.19. The van der Waals surface area contributed by atoms with Crippen LogP contribution in [-0.2, 0) is 17.8 Å². The predicted octanol–water partition coefficient (Wildman–Crippen LogP) is 2.30. The third kappa shape index (κ3) is 3.82. The van der Waals surface area contributed by atoms with Gasteiger partial charge in [0.15, 0.2) is 0 Å². The van der Waals surface area contributed by atoms with Crippen molar-refractivity contribution in [1.82, 2.24) is 5.32 Å². The van der Waals surface area contributed by atoms with Crippen LogP contribution < -0.4 is 11.1 Å². The van der Waals surface area contributed by atoms with Crippen molar-refractivity contribution in [1.29, 1.82) is 0 Å². The van der Waals surface area contributed by atoms with Gasteiger partial charge >= 0.3 is 0 Å². The van der Waals surface area contributed by atoms with Crippen LogP contribution in [0.1, 0.15) is 37.6 Å². The van der Waals surface area contributed by atoms with E-state index in [1.807, 2.05) is 13.8 Å². The first-order valence-corrected chi connectivity index (χ1v) is 7.06. The molecule has 0 saturated carbocycles. The molecule has 1 rings (SSSR count). The summed E-state index contributed by atoms with van der Waals surface area (Å²) in [5.74, 6) is 0.179. The predicted molar refractivity (Wildman–Crippen MR) is 73.0 cm³/mol. The monoisotopic (exact) mass is 254 g/mol. The van der Waals surface area contributed by atoms with Gasteiger partial charge < -0.3 is 11.1 Å². The SMILES string of the molecule is CCc1ccsc1CNC(=O)C(N)C(C)CC. The van der Waals surface area contributed by atoms with Crippen LogP contribution in [0, 0.1) is 5.92 Å². The van der Waals surface area contributed by atoms with Crippen LogP contribution in [0.2, 0.25) is 0 Å². The molecular formula is C13H22N2OS. The summed E-state index contributed by atoms with van der Waals surface area (Å²) in [6.45, 7) is 6.78. The van der Waals surface area contributed by atoms with Gasteiger partial charge in [-0.2, -0.15) is 0 Å². The third-order valence-electron chi connectivity index (χ3n) is 3.20. The van der Waals surface area contributed by atoms with E-state index >= 15 is 0 Å². The van der Waals surface area contributed by atoms with E-state index in [0.717, 1.165) is 12.8 Å². The van der Waals surface area contributed by atoms with Gasteiger partial charge in [-0.1, -0.05) is 27.2 Å². The van der Waals surface area contributed by atoms with E-state index in [0.29, 0.717) is 6.54 Å². The average molecular weight is 254 g/mol. The van der Waals surface area contributed by atoms with E-state index in [1.165, 1.54) is 10.4 Å². The van der Waals surface area contributed by atoms with Crippen LogP contribution in [0.5, 0.6) is 0 Å². The normalized spacial score (nSPS) is 14.4. The maximum atomic E-state index is 11.8. The minimum Gasteiger partial charge on any atom is -0.350 e. The molecule has 0 aliphatic heterocycles. The molecule has 0 aliphatic carbocycles. The lowest BCUT2D eigenvalue weighted by Crippen LogP contribution is -2.44. The van der Waals surface area contributed by atoms with Crippen molar-refractivity contribution in [3.8, 4) is 0 Å². The molecule has 17 heavy (non-hydrogen) atoms. The smallest absolute Gasteiger partial charge is 0.237 e. The quantitative estimate of drug-likeness (QED) is 0.818. The lowest BCUT2D eigenvalue weighted by atomic mass is 9.99. The second-order valence-electron chi connectivity index (χ2n) is 4.35. The molecule has 3 N–H and O–H groups in total. The van der Waals surface area contributed by atoms with Crippen molar-refractivity contribution >= 4 is 17.2 Å². The van der Waals surface area contributed by atoms with Gasteiger partial charge in [-0.05, 0) is 29.3 Å². The summed E-state index contributed by atoms with van der Waals surface area (Å²) in [6.07, 6.45) is 1.93. The highest BCUT2D eigenvalue weighted by Gasteiger charge is 2.19. The van der Waals surface area contributed by atoms with Crippen LogP contribution in [0.15, 0.2) is 11.4 Å². The fourth-order valence-electron chi connectivity index (χ4n) is 1.63. The first-order chi connectivity index (χ1) is 8.10. The Hall–Kier alpha value is -0.870. The summed E-state index contributed by atoms with van der Waals surface area (Å²) < 4.78 is 0. The summed E-state index contributed by atoms with van der Waals surface area (Å²) in [5, 5.41) is 4.99. The lowest BCUT2D eigenvalue weighted by Gasteiger charge is -2.17. The van der Waals surface area contributed by atoms with Crippen molar-refractivity contribution in [2.45, 2.75) is 46.2 Å². The Morgan fingerprint density at radius 3 is 2.82 bits per heavy atom. The zero-order chi connectivity index (χ0) is 12.8. The fraction of sp³-hybridized carbons (Fsp3) is 0.615. The molecule has 2 unspecified atom stereocenters. The fourth-order valence-corrected chi connectivity index (χ4v) is 2.55. The van der Waals surface area contributed by atoms with Crippen LogP contribution >= 0.6 is 11.3 Å². The Labute approximate surface area is 107 Å². The lowest BCUT2D eigenvalue weighted by molar-refractivity contribution is -0.123. The Morgan fingerprint density at radius 1 is 1.53 bits per heavy atom. The highest BCUT2D eigenvalue weighted by atomic mass is 32.1. The minimum absolute atomic E-state index is 0.0465. The molecule has 0 radical (unpaired) electrons. The first-order valence-electron chi connectivity index (χ1n) is 6.18. The number of thiophene rings is 1. The molecule has 0 bridgehead atoms. The molecule has 1 aromatic rings. The number of nitrogens with one attached hydrogen (secondary N) is 1. The topological polar surface area (TPSA) is 55.1 Å². The van der Waals surface area contributed by atoms with E-state index in [9.17, 15) is 4.79 Å². The largest absolute Gasteiger partial charge is 0.350 e. The van der Waals surface area contributed by atoms with E-state index in [1.54, 1.807) is 11.3 Å². The Morgan fingerprint density at radius 2 is 2.24 bits per heavy atom. The molecule has 0 aromatic carbocycles. The molecule has 3 nitrogen and oxygen atoms in total. The van der Waals surface area contributed by atoms with Crippen molar-refractivity contribution in [2.24, 2.45) is 11.7 Å². The molecule has 1 heterocycles. The van der Waals surface area contributed by atoms with E-state index in [2.05, 4.69) is 23.7 Å². The van der Waals surface area contributed by atoms with Crippen molar-refractivity contribution in [3.63, 3.8) is 0 Å². The van der Waals surface area contributed by atoms with Gasteiger partial charge in [0.05, 0.1) is 12.6 Å².